The molecule has 2 aromatic carbocycles. The molecule has 1 aromatic heterocycles. The van der Waals surface area contributed by atoms with Crippen LogP contribution in [0.1, 0.15) is 11.3 Å². The summed E-state index contributed by atoms with van der Waals surface area (Å²) in [7, 11) is -4.64. The maximum absolute atomic E-state index is 14.0. The summed E-state index contributed by atoms with van der Waals surface area (Å²) < 4.78 is 86.9. The third-order valence-electron chi connectivity index (χ3n) is 3.58. The van der Waals surface area contributed by atoms with Gasteiger partial charge in [0.25, 0.3) is 0 Å². The second-order valence-electron chi connectivity index (χ2n) is 5.59. The molecule has 1 N–H and O–H groups in total. The van der Waals surface area contributed by atoms with Gasteiger partial charge in [0.05, 0.1) is 11.6 Å². The molecule has 0 bridgehead atoms. The van der Waals surface area contributed by atoms with Gasteiger partial charge >= 0.3 is 16.3 Å². The van der Waals surface area contributed by atoms with Crippen molar-refractivity contribution >= 4 is 10.1 Å². The number of halogens is 4. The topological polar surface area (TPSA) is 92.2 Å². The van der Waals surface area contributed by atoms with Crippen molar-refractivity contribution in [2.75, 3.05) is 0 Å². The van der Waals surface area contributed by atoms with Crippen LogP contribution in [0.3, 0.4) is 0 Å². The van der Waals surface area contributed by atoms with Crippen LogP contribution in [0.15, 0.2) is 59.6 Å². The fourth-order valence-electron chi connectivity index (χ4n) is 2.22. The molecule has 0 fully saturated rings. The van der Waals surface area contributed by atoms with E-state index in [9.17, 15) is 26.0 Å². The monoisotopic (exact) mass is 426 g/mol. The molecule has 1 heterocycles. The second-order valence-corrected chi connectivity index (χ2v) is 7.14. The number of hydrogen-bond donors (Lipinski definition) is 1. The lowest BCUT2D eigenvalue weighted by molar-refractivity contribution is -0.140. The molecule has 0 saturated heterocycles. The quantitative estimate of drug-likeness (QED) is 0.475. The molecule has 0 atom stereocenters. The van der Waals surface area contributed by atoms with E-state index in [1.807, 2.05) is 4.98 Å². The summed E-state index contributed by atoms with van der Waals surface area (Å²) in [4.78, 5) is 1.07. The van der Waals surface area contributed by atoms with Crippen molar-refractivity contribution < 1.29 is 34.9 Å². The van der Waals surface area contributed by atoms with E-state index in [1.54, 1.807) is 6.07 Å². The smallest absolute Gasteiger partial charge is 0.431 e. The predicted octanol–water partition coefficient (Wildman–Crippen LogP) is 4.60. The molecular formula is C18H10F4N2O4S. The van der Waals surface area contributed by atoms with E-state index in [0.717, 1.165) is 6.07 Å². The number of para-hydroxylation sites is 2. The average Bonchev–Trinajstić information content (AvgIpc) is 3.16. The van der Waals surface area contributed by atoms with Gasteiger partial charge in [-0.25, -0.2) is 4.39 Å². The van der Waals surface area contributed by atoms with Gasteiger partial charge in [-0.2, -0.15) is 26.9 Å². The van der Waals surface area contributed by atoms with Crippen LogP contribution in [0.4, 0.5) is 17.6 Å². The number of nitriles is 1. The molecule has 3 rings (SSSR count). The Balaban J connectivity index is 1.89. The molecule has 0 saturated carbocycles. The zero-order valence-corrected chi connectivity index (χ0v) is 15.0. The third-order valence-corrected chi connectivity index (χ3v) is 4.79. The first-order chi connectivity index (χ1) is 13.6. The van der Waals surface area contributed by atoms with Crippen molar-refractivity contribution in [3.63, 3.8) is 0 Å². The zero-order chi connectivity index (χ0) is 21.2. The maximum Gasteiger partial charge on any atom is 0.431 e. The van der Waals surface area contributed by atoms with E-state index >= 15 is 0 Å². The van der Waals surface area contributed by atoms with Gasteiger partial charge in [-0.1, -0.05) is 12.1 Å². The summed E-state index contributed by atoms with van der Waals surface area (Å²) in [6.07, 6.45) is -4.12. The van der Waals surface area contributed by atoms with Gasteiger partial charge in [0.1, 0.15) is 10.6 Å². The van der Waals surface area contributed by atoms with Crippen LogP contribution in [0, 0.1) is 17.1 Å². The lowest BCUT2D eigenvalue weighted by Gasteiger charge is -2.12. The average molecular weight is 426 g/mol. The summed E-state index contributed by atoms with van der Waals surface area (Å²) in [6.45, 7) is 0. The molecule has 0 unspecified atom stereocenters. The Morgan fingerprint density at radius 1 is 1.00 bits per heavy atom. The number of ether oxygens (including phenoxy) is 1. The van der Waals surface area contributed by atoms with E-state index in [4.69, 9.17) is 14.2 Å². The highest BCUT2D eigenvalue weighted by atomic mass is 32.2. The highest BCUT2D eigenvalue weighted by Gasteiger charge is 2.34. The van der Waals surface area contributed by atoms with Gasteiger partial charge in [-0.05, 0) is 36.4 Å². The van der Waals surface area contributed by atoms with Gasteiger partial charge in [0, 0.05) is 6.20 Å². The van der Waals surface area contributed by atoms with E-state index in [-0.39, 0.29) is 22.8 Å². The van der Waals surface area contributed by atoms with Gasteiger partial charge < -0.3 is 13.9 Å². The highest BCUT2D eigenvalue weighted by Crippen LogP contribution is 2.35. The van der Waals surface area contributed by atoms with Crippen LogP contribution in [0.2, 0.25) is 0 Å². The molecule has 0 spiro atoms. The Bertz CT molecular complexity index is 1200. The summed E-state index contributed by atoms with van der Waals surface area (Å²) in [5.74, 6) is -1.75. The fourth-order valence-corrected chi connectivity index (χ4v) is 3.16. The minimum atomic E-state index is -4.76. The van der Waals surface area contributed by atoms with Gasteiger partial charge in [-0.15, -0.1) is 0 Å². The van der Waals surface area contributed by atoms with Crippen molar-refractivity contribution in [3.8, 4) is 23.3 Å². The lowest BCUT2D eigenvalue weighted by Crippen LogP contribution is -2.10. The first kappa shape index (κ1) is 20.2. The third kappa shape index (κ3) is 4.49. The molecular weight excluding hydrogens is 416 g/mol. The number of aromatic amines is 1. The Kier molecular flexibility index (Phi) is 5.21. The van der Waals surface area contributed by atoms with E-state index < -0.39 is 32.7 Å². The molecule has 0 radical (unpaired) electrons. The molecule has 3 aromatic rings. The molecule has 11 heteroatoms. The van der Waals surface area contributed by atoms with Crippen LogP contribution in [0.5, 0.6) is 17.2 Å². The number of H-pyrrole nitrogens is 1. The van der Waals surface area contributed by atoms with Crippen molar-refractivity contribution in [2.45, 2.75) is 11.1 Å². The molecule has 0 amide bonds. The highest BCUT2D eigenvalue weighted by molar-refractivity contribution is 7.87. The Morgan fingerprint density at radius 2 is 1.69 bits per heavy atom. The molecule has 6 nitrogen and oxygen atoms in total. The van der Waals surface area contributed by atoms with E-state index in [2.05, 4.69) is 0 Å². The maximum atomic E-state index is 14.0. The minimum absolute atomic E-state index is 0.0508. The largest absolute Gasteiger partial charge is 0.450 e. The summed E-state index contributed by atoms with van der Waals surface area (Å²) >= 11 is 0. The van der Waals surface area contributed by atoms with Crippen molar-refractivity contribution in [2.24, 2.45) is 0 Å². The number of benzene rings is 2. The summed E-state index contributed by atoms with van der Waals surface area (Å²) in [5.41, 5.74) is -1.21. The zero-order valence-electron chi connectivity index (χ0n) is 14.2. The molecule has 0 aliphatic heterocycles. The van der Waals surface area contributed by atoms with Crippen molar-refractivity contribution in [1.29, 1.82) is 5.26 Å². The normalized spacial score (nSPS) is 11.7. The Morgan fingerprint density at radius 3 is 2.28 bits per heavy atom. The molecule has 0 aliphatic carbocycles. The first-order valence-electron chi connectivity index (χ1n) is 7.77. The van der Waals surface area contributed by atoms with Crippen LogP contribution >= 0.6 is 0 Å². The number of nitrogens with zero attached hydrogens (tertiary/aromatic N) is 1. The van der Waals surface area contributed by atoms with E-state index in [1.165, 1.54) is 36.4 Å². The van der Waals surface area contributed by atoms with Crippen molar-refractivity contribution in [3.05, 3.63) is 71.8 Å². The van der Waals surface area contributed by atoms with Gasteiger partial charge in [-0.3, -0.25) is 0 Å². The number of hydrogen-bond acceptors (Lipinski definition) is 5. The van der Waals surface area contributed by atoms with Crippen LogP contribution in [-0.4, -0.2) is 13.4 Å². The van der Waals surface area contributed by atoms with Gasteiger partial charge in [0.2, 0.25) is 0 Å². The summed E-state index contributed by atoms with van der Waals surface area (Å²) in [5, 5.41) is 8.76. The number of nitrogens with one attached hydrogen (secondary N) is 1. The predicted molar refractivity (Wildman–Crippen MR) is 91.2 cm³/mol. The van der Waals surface area contributed by atoms with Gasteiger partial charge in [0.15, 0.2) is 23.1 Å². The summed E-state index contributed by atoms with van der Waals surface area (Å²) in [6, 6.07) is 10.8. The Hall–Kier alpha value is -3.52. The fraction of sp³-hybridized carbons (Fsp3) is 0.0556. The standard InChI is InChI=1S/C18H10F4N2O4S/c19-13-7-11(9-23)5-6-14(13)27-15-3-1-2-4-16(15)28-29(25,26)12-8-17(24-10-12)18(20,21)22/h1-8,10,24H. The lowest BCUT2D eigenvalue weighted by atomic mass is 10.2. The SMILES string of the molecule is N#Cc1ccc(Oc2ccccc2OS(=O)(=O)c2c[nH]c(C(F)(F)F)c2)c(F)c1. The molecule has 29 heavy (non-hydrogen) atoms. The van der Waals surface area contributed by atoms with Crippen LogP contribution in [-0.2, 0) is 16.3 Å². The number of aromatic nitrogens is 1. The first-order valence-corrected chi connectivity index (χ1v) is 9.17. The number of alkyl halides is 3. The Labute approximate surface area is 162 Å². The van der Waals surface area contributed by atoms with E-state index in [0.29, 0.717) is 12.3 Å². The number of rotatable bonds is 5. The second kappa shape index (κ2) is 7.48. The van der Waals surface area contributed by atoms with Crippen LogP contribution < -0.4 is 8.92 Å². The molecule has 150 valence electrons. The van der Waals surface area contributed by atoms with Crippen molar-refractivity contribution in [1.82, 2.24) is 4.98 Å². The minimum Gasteiger partial charge on any atom is -0.450 e. The van der Waals surface area contributed by atoms with Crippen LogP contribution in [0.25, 0.3) is 0 Å². The molecule has 0 aliphatic rings.